The monoisotopic (exact) mass is 428 g/mol. The zero-order chi connectivity index (χ0) is 19.7. The minimum atomic E-state index is -3.01. The lowest BCUT2D eigenvalue weighted by Crippen LogP contribution is -2.25. The van der Waals surface area contributed by atoms with Gasteiger partial charge >= 0.3 is 5.97 Å². The molecule has 0 aliphatic carbocycles. The van der Waals surface area contributed by atoms with Crippen LogP contribution in [0.5, 0.6) is 0 Å². The molecular weight excluding hydrogens is 391 g/mol. The van der Waals surface area contributed by atoms with Gasteiger partial charge in [-0.1, -0.05) is 83.4 Å². The van der Waals surface area contributed by atoms with Gasteiger partial charge in [-0.15, -0.1) is 0 Å². The van der Waals surface area contributed by atoms with Gasteiger partial charge in [-0.25, -0.2) is 0 Å². The summed E-state index contributed by atoms with van der Waals surface area (Å²) in [6.07, 6.45) is 13.7. The number of rotatable bonds is 18. The third-order valence-electron chi connectivity index (χ3n) is 4.18. The average molecular weight is 429 g/mol. The van der Waals surface area contributed by atoms with Crippen molar-refractivity contribution in [2.75, 3.05) is 20.3 Å². The Kier molecular flexibility index (Phi) is 17.7. The molecule has 0 spiro atoms. The van der Waals surface area contributed by atoms with E-state index in [1.165, 1.54) is 64.9 Å². The molecule has 2 atom stereocenters. The molecule has 0 aromatic rings. The first-order chi connectivity index (χ1) is 12.4. The largest absolute Gasteiger partial charge is 0.463 e. The third-order valence-corrected chi connectivity index (χ3v) is 5.32. The fourth-order valence-corrected chi connectivity index (χ4v) is 3.30. The Balaban J connectivity index is 3.49. The van der Waals surface area contributed by atoms with E-state index >= 15 is 0 Å². The molecule has 0 saturated carbocycles. The lowest BCUT2D eigenvalue weighted by atomic mass is 10.1. The minimum absolute atomic E-state index is 0.0551. The molecule has 0 radical (unpaired) electrons. The van der Waals surface area contributed by atoms with E-state index in [0.29, 0.717) is 6.42 Å². The topological polar surface area (TPSA) is 65.0 Å². The van der Waals surface area contributed by atoms with E-state index in [1.54, 1.807) is 0 Å². The fraction of sp³-hybridized carbons (Fsp3) is 0.944. The molecule has 5 nitrogen and oxygen atoms in total. The maximum Gasteiger partial charge on any atom is 0.305 e. The first-order valence-corrected chi connectivity index (χ1v) is 13.6. The highest BCUT2D eigenvalue weighted by molar-refractivity contribution is 8.59. The van der Waals surface area contributed by atoms with Crippen LogP contribution in [-0.4, -0.2) is 37.3 Å². The highest BCUT2D eigenvalue weighted by Gasteiger charge is 2.15. The van der Waals surface area contributed by atoms with Crippen LogP contribution in [0.3, 0.4) is 0 Å². The van der Waals surface area contributed by atoms with Crippen LogP contribution >= 0.6 is 17.9 Å². The molecule has 1 N–H and O–H groups in total. The maximum absolute atomic E-state index is 11.7. The molecule has 0 bridgehead atoms. The summed E-state index contributed by atoms with van der Waals surface area (Å²) in [5, 5.41) is 0. The summed E-state index contributed by atoms with van der Waals surface area (Å²) < 4.78 is 15.3. The number of methoxy groups -OCH3 is 1. The normalized spacial score (nSPS) is 14.8. The zero-order valence-corrected chi connectivity index (χ0v) is 19.0. The Morgan fingerprint density at radius 1 is 1.00 bits per heavy atom. The van der Waals surface area contributed by atoms with E-state index in [1.807, 2.05) is 0 Å². The van der Waals surface area contributed by atoms with Gasteiger partial charge in [-0.05, 0) is 18.2 Å². The summed E-state index contributed by atoms with van der Waals surface area (Å²) in [5.41, 5.74) is -3.01. The van der Waals surface area contributed by atoms with Crippen molar-refractivity contribution in [3.05, 3.63) is 0 Å². The van der Waals surface area contributed by atoms with Crippen molar-refractivity contribution < 1.29 is 23.7 Å². The Bertz CT molecular complexity index is 390. The van der Waals surface area contributed by atoms with Crippen molar-refractivity contribution in [2.45, 2.75) is 90.1 Å². The van der Waals surface area contributed by atoms with E-state index in [4.69, 9.17) is 14.0 Å². The van der Waals surface area contributed by atoms with Gasteiger partial charge in [0.2, 0.25) is 5.69 Å². The first kappa shape index (κ1) is 26.4. The quantitative estimate of drug-likeness (QED) is 0.132. The number of esters is 1. The Hall–Kier alpha value is 0.350. The molecule has 0 aliphatic heterocycles. The molecule has 0 fully saturated rings. The molecule has 0 aromatic heterocycles. The van der Waals surface area contributed by atoms with Crippen molar-refractivity contribution in [2.24, 2.45) is 0 Å². The first-order valence-electron chi connectivity index (χ1n) is 9.77. The Morgan fingerprint density at radius 3 is 1.96 bits per heavy atom. The molecule has 0 rings (SSSR count). The standard InChI is InChI=1S/C18H37O5PS2/c1-3-4-5-6-7-8-9-10-11-12-13-14-18(19)22-15-17(21-2)16-23-24(20,25)26/h17H,3-16H2,1-2H3,(H2,20,25,26). The molecule has 2 unspecified atom stereocenters. The van der Waals surface area contributed by atoms with Gasteiger partial charge in [0.05, 0.1) is 6.61 Å². The van der Waals surface area contributed by atoms with Crippen molar-refractivity contribution >= 4 is 35.7 Å². The summed E-state index contributed by atoms with van der Waals surface area (Å²) in [6, 6.07) is 0. The van der Waals surface area contributed by atoms with Gasteiger partial charge < -0.3 is 18.9 Å². The number of thiol groups is 1. The van der Waals surface area contributed by atoms with Gasteiger partial charge in [0, 0.05) is 13.5 Å². The van der Waals surface area contributed by atoms with Crippen LogP contribution in [0.15, 0.2) is 0 Å². The average Bonchev–Trinajstić information content (AvgIpc) is 2.59. The second kappa shape index (κ2) is 17.4. The summed E-state index contributed by atoms with van der Waals surface area (Å²) in [7, 11) is 1.49. The summed E-state index contributed by atoms with van der Waals surface area (Å²) in [4.78, 5) is 21.0. The number of hydrogen-bond acceptors (Lipinski definition) is 5. The Morgan fingerprint density at radius 2 is 1.50 bits per heavy atom. The molecule has 0 aliphatic rings. The van der Waals surface area contributed by atoms with Crippen LogP contribution in [0, 0.1) is 0 Å². The zero-order valence-electron chi connectivity index (χ0n) is 16.4. The molecule has 26 heavy (non-hydrogen) atoms. The minimum Gasteiger partial charge on any atom is -0.463 e. The van der Waals surface area contributed by atoms with E-state index in [2.05, 4.69) is 31.0 Å². The summed E-state index contributed by atoms with van der Waals surface area (Å²) in [5.74, 6) is -0.225. The van der Waals surface area contributed by atoms with Crippen LogP contribution in [-0.2, 0) is 30.6 Å². The van der Waals surface area contributed by atoms with Gasteiger partial charge in [-0.3, -0.25) is 4.79 Å². The van der Waals surface area contributed by atoms with Crippen molar-refractivity contribution in [3.8, 4) is 0 Å². The smallest absolute Gasteiger partial charge is 0.305 e. The summed E-state index contributed by atoms with van der Waals surface area (Å²) in [6.45, 7) is 2.39. The van der Waals surface area contributed by atoms with Crippen molar-refractivity contribution in [1.29, 1.82) is 0 Å². The molecular formula is C18H37O5PS2. The highest BCUT2D eigenvalue weighted by Crippen LogP contribution is 2.47. The van der Waals surface area contributed by atoms with Gasteiger partial charge in [-0.2, -0.15) is 0 Å². The number of carbonyl (C=O) groups is 1. The number of carbonyl (C=O) groups excluding carboxylic acids is 1. The SMILES string of the molecule is CCCCCCCCCCCCCC(=O)OCC(COP(O)(=S)S)OC. The third kappa shape index (κ3) is 19.1. The second-order valence-corrected chi connectivity index (χ2v) is 11.8. The van der Waals surface area contributed by atoms with Crippen molar-refractivity contribution in [3.63, 3.8) is 0 Å². The van der Waals surface area contributed by atoms with Gasteiger partial charge in [0.25, 0.3) is 0 Å². The number of unbranched alkanes of at least 4 members (excludes halogenated alkanes) is 10. The van der Waals surface area contributed by atoms with Crippen LogP contribution < -0.4 is 0 Å². The van der Waals surface area contributed by atoms with E-state index in [9.17, 15) is 9.69 Å². The fourth-order valence-electron chi connectivity index (χ4n) is 2.56. The lowest BCUT2D eigenvalue weighted by Gasteiger charge is -2.17. The lowest BCUT2D eigenvalue weighted by molar-refractivity contribution is -0.148. The molecule has 8 heteroatoms. The van der Waals surface area contributed by atoms with Crippen LogP contribution in [0.25, 0.3) is 0 Å². The van der Waals surface area contributed by atoms with Gasteiger partial charge in [0.15, 0.2) is 0 Å². The molecule has 0 aromatic carbocycles. The van der Waals surface area contributed by atoms with E-state index in [0.717, 1.165) is 12.8 Å². The number of hydrogen-bond donors (Lipinski definition) is 2. The second-order valence-electron chi connectivity index (χ2n) is 6.61. The molecule has 0 heterocycles. The maximum atomic E-state index is 11.7. The van der Waals surface area contributed by atoms with Crippen molar-refractivity contribution in [1.82, 2.24) is 0 Å². The van der Waals surface area contributed by atoms with Crippen LogP contribution in [0.4, 0.5) is 0 Å². The predicted octanol–water partition coefficient (Wildman–Crippen LogP) is 5.41. The summed E-state index contributed by atoms with van der Waals surface area (Å²) >= 11 is 8.44. The molecule has 156 valence electrons. The van der Waals surface area contributed by atoms with E-state index in [-0.39, 0.29) is 19.2 Å². The van der Waals surface area contributed by atoms with E-state index < -0.39 is 11.8 Å². The Labute approximate surface area is 169 Å². The predicted molar refractivity (Wildman–Crippen MR) is 114 cm³/mol. The highest BCUT2D eigenvalue weighted by atomic mass is 32.9. The van der Waals surface area contributed by atoms with Gasteiger partial charge in [0.1, 0.15) is 12.7 Å². The van der Waals surface area contributed by atoms with Crippen LogP contribution in [0.1, 0.15) is 84.0 Å². The molecule has 0 saturated heterocycles. The van der Waals surface area contributed by atoms with Crippen LogP contribution in [0.2, 0.25) is 0 Å². The number of ether oxygens (including phenoxy) is 2. The molecule has 0 amide bonds.